The lowest BCUT2D eigenvalue weighted by Crippen LogP contribution is -2.59. The van der Waals surface area contributed by atoms with Crippen molar-refractivity contribution in [3.8, 4) is 0 Å². The van der Waals surface area contributed by atoms with Gasteiger partial charge >= 0.3 is 12.0 Å². The van der Waals surface area contributed by atoms with Gasteiger partial charge in [0.05, 0.1) is 25.9 Å². The zero-order valence-corrected chi connectivity index (χ0v) is 12.5. The summed E-state index contributed by atoms with van der Waals surface area (Å²) >= 11 is 0. The summed E-state index contributed by atoms with van der Waals surface area (Å²) in [7, 11) is 0. The molecule has 21 heavy (non-hydrogen) atoms. The molecule has 2 heterocycles. The molecule has 0 aromatic carbocycles. The van der Waals surface area contributed by atoms with Crippen molar-refractivity contribution in [3.05, 3.63) is 0 Å². The summed E-state index contributed by atoms with van der Waals surface area (Å²) in [6, 6.07) is -0.245. The summed E-state index contributed by atoms with van der Waals surface area (Å²) in [6.07, 6.45) is 2.04. The molecule has 2 aliphatic heterocycles. The molecule has 2 rings (SSSR count). The van der Waals surface area contributed by atoms with Crippen LogP contribution >= 0.6 is 0 Å². The zero-order valence-electron chi connectivity index (χ0n) is 12.5. The lowest BCUT2D eigenvalue weighted by Gasteiger charge is -2.40. The Morgan fingerprint density at radius 1 is 1.38 bits per heavy atom. The van der Waals surface area contributed by atoms with Gasteiger partial charge in [-0.3, -0.25) is 0 Å². The molecule has 2 fully saturated rings. The van der Waals surface area contributed by atoms with Crippen LogP contribution in [0.15, 0.2) is 0 Å². The molecule has 7 nitrogen and oxygen atoms in total. The van der Waals surface area contributed by atoms with E-state index in [0.717, 1.165) is 6.42 Å². The summed E-state index contributed by atoms with van der Waals surface area (Å²) < 4.78 is 5.34. The van der Waals surface area contributed by atoms with Crippen LogP contribution in [0.1, 0.15) is 32.6 Å². The Bertz CT molecular complexity index is 403. The molecule has 120 valence electrons. The molecule has 2 atom stereocenters. The minimum atomic E-state index is -1.07. The standard InChI is InChI=1S/C14H24N2O5/c1-2-4-14(12(18)19)5-3-6-16(14)13(20)15-7-8-21-11(9-15)10-17/h11,17H,2-10H2,1H3,(H,18,19). The Balaban J connectivity index is 2.14. The first-order valence-electron chi connectivity index (χ1n) is 7.57. The van der Waals surface area contributed by atoms with Gasteiger partial charge in [-0.05, 0) is 19.3 Å². The minimum Gasteiger partial charge on any atom is -0.479 e. The molecule has 0 radical (unpaired) electrons. The van der Waals surface area contributed by atoms with Crippen molar-refractivity contribution in [1.82, 2.24) is 9.80 Å². The van der Waals surface area contributed by atoms with E-state index < -0.39 is 11.5 Å². The summed E-state index contributed by atoms with van der Waals surface area (Å²) in [5, 5.41) is 18.8. The fourth-order valence-electron chi connectivity index (χ4n) is 3.33. The highest BCUT2D eigenvalue weighted by atomic mass is 16.5. The van der Waals surface area contributed by atoms with Crippen molar-refractivity contribution >= 4 is 12.0 Å². The predicted octanol–water partition coefficient (Wildman–Crippen LogP) is 0.519. The molecule has 2 aliphatic rings. The van der Waals surface area contributed by atoms with Gasteiger partial charge in [-0.25, -0.2) is 9.59 Å². The second kappa shape index (κ2) is 6.62. The zero-order chi connectivity index (χ0) is 15.5. The van der Waals surface area contributed by atoms with Crippen molar-refractivity contribution in [3.63, 3.8) is 0 Å². The number of carboxylic acids is 1. The number of hydrogen-bond donors (Lipinski definition) is 2. The molecule has 0 aromatic heterocycles. The van der Waals surface area contributed by atoms with Gasteiger partial charge in [0.1, 0.15) is 5.54 Å². The van der Waals surface area contributed by atoms with E-state index in [0.29, 0.717) is 45.5 Å². The second-order valence-electron chi connectivity index (χ2n) is 5.75. The molecule has 0 aromatic rings. The number of likely N-dealkylation sites (tertiary alicyclic amines) is 1. The maximum atomic E-state index is 12.7. The van der Waals surface area contributed by atoms with Crippen molar-refractivity contribution in [2.24, 2.45) is 0 Å². The van der Waals surface area contributed by atoms with E-state index in [1.54, 1.807) is 4.90 Å². The van der Waals surface area contributed by atoms with Crippen LogP contribution in [0.4, 0.5) is 4.79 Å². The van der Waals surface area contributed by atoms with Gasteiger partial charge in [-0.1, -0.05) is 13.3 Å². The number of carbonyl (C=O) groups excluding carboxylic acids is 1. The Morgan fingerprint density at radius 3 is 2.76 bits per heavy atom. The number of amides is 2. The maximum absolute atomic E-state index is 12.7. The average Bonchev–Trinajstić information content (AvgIpc) is 2.92. The number of aliphatic hydroxyl groups excluding tert-OH is 1. The van der Waals surface area contributed by atoms with E-state index in [2.05, 4.69) is 0 Å². The maximum Gasteiger partial charge on any atom is 0.329 e. The highest BCUT2D eigenvalue weighted by Gasteiger charge is 2.50. The summed E-state index contributed by atoms with van der Waals surface area (Å²) in [5.74, 6) is -0.915. The number of rotatable bonds is 4. The summed E-state index contributed by atoms with van der Waals surface area (Å²) in [5.41, 5.74) is -1.07. The molecule has 7 heteroatoms. The van der Waals surface area contributed by atoms with Crippen LogP contribution in [0.2, 0.25) is 0 Å². The number of hydrogen-bond acceptors (Lipinski definition) is 4. The third-order valence-corrected chi connectivity index (χ3v) is 4.39. The topological polar surface area (TPSA) is 90.3 Å². The van der Waals surface area contributed by atoms with Gasteiger partial charge in [-0.15, -0.1) is 0 Å². The van der Waals surface area contributed by atoms with Crippen LogP contribution in [0, 0.1) is 0 Å². The fourth-order valence-corrected chi connectivity index (χ4v) is 3.33. The predicted molar refractivity (Wildman–Crippen MR) is 75.0 cm³/mol. The quantitative estimate of drug-likeness (QED) is 0.790. The smallest absolute Gasteiger partial charge is 0.329 e. The van der Waals surface area contributed by atoms with Crippen molar-refractivity contribution in [1.29, 1.82) is 0 Å². The normalized spacial score (nSPS) is 29.7. The number of nitrogens with zero attached hydrogens (tertiary/aromatic N) is 2. The Hall–Kier alpha value is -1.34. The largest absolute Gasteiger partial charge is 0.479 e. The van der Waals surface area contributed by atoms with Crippen LogP contribution in [0.5, 0.6) is 0 Å². The average molecular weight is 300 g/mol. The second-order valence-corrected chi connectivity index (χ2v) is 5.75. The lowest BCUT2D eigenvalue weighted by molar-refractivity contribution is -0.149. The molecule has 0 saturated carbocycles. The van der Waals surface area contributed by atoms with Crippen LogP contribution < -0.4 is 0 Å². The minimum absolute atomic E-state index is 0.136. The van der Waals surface area contributed by atoms with Crippen LogP contribution in [0.3, 0.4) is 0 Å². The molecular formula is C14H24N2O5. The number of aliphatic hydroxyl groups is 1. The molecule has 0 spiro atoms. The van der Waals surface area contributed by atoms with Crippen molar-refractivity contribution < 1.29 is 24.5 Å². The number of urea groups is 1. The number of carbonyl (C=O) groups is 2. The Morgan fingerprint density at radius 2 is 2.14 bits per heavy atom. The molecule has 0 bridgehead atoms. The lowest BCUT2D eigenvalue weighted by atomic mass is 9.91. The molecule has 2 saturated heterocycles. The van der Waals surface area contributed by atoms with Gasteiger partial charge in [0, 0.05) is 13.1 Å². The van der Waals surface area contributed by atoms with E-state index in [1.165, 1.54) is 4.90 Å². The Labute approximate surface area is 124 Å². The van der Waals surface area contributed by atoms with Gasteiger partial charge < -0.3 is 24.7 Å². The fraction of sp³-hybridized carbons (Fsp3) is 0.857. The first-order valence-corrected chi connectivity index (χ1v) is 7.57. The molecule has 2 N–H and O–H groups in total. The third-order valence-electron chi connectivity index (χ3n) is 4.39. The van der Waals surface area contributed by atoms with Gasteiger partial charge in [0.25, 0.3) is 0 Å². The van der Waals surface area contributed by atoms with Gasteiger partial charge in [-0.2, -0.15) is 0 Å². The van der Waals surface area contributed by atoms with Crippen LogP contribution in [0.25, 0.3) is 0 Å². The van der Waals surface area contributed by atoms with E-state index in [4.69, 9.17) is 9.84 Å². The molecular weight excluding hydrogens is 276 g/mol. The molecule has 2 amide bonds. The molecule has 2 unspecified atom stereocenters. The van der Waals surface area contributed by atoms with Crippen LogP contribution in [-0.4, -0.2) is 76.5 Å². The van der Waals surface area contributed by atoms with Crippen LogP contribution in [-0.2, 0) is 9.53 Å². The highest BCUT2D eigenvalue weighted by Crippen LogP contribution is 2.35. The van der Waals surface area contributed by atoms with Gasteiger partial charge in [0.2, 0.25) is 0 Å². The van der Waals surface area contributed by atoms with E-state index in [9.17, 15) is 14.7 Å². The first kappa shape index (κ1) is 16.0. The first-order chi connectivity index (χ1) is 10.0. The Kier molecular flexibility index (Phi) is 5.05. The number of aliphatic carboxylic acids is 1. The number of ether oxygens (including phenoxy) is 1. The van der Waals surface area contributed by atoms with E-state index in [1.807, 2.05) is 6.92 Å². The SMILES string of the molecule is CCCC1(C(=O)O)CCCN1C(=O)N1CCOC(CO)C1. The number of morpholine rings is 1. The van der Waals surface area contributed by atoms with Crippen molar-refractivity contribution in [2.45, 2.75) is 44.2 Å². The molecule has 0 aliphatic carbocycles. The monoisotopic (exact) mass is 300 g/mol. The highest BCUT2D eigenvalue weighted by molar-refractivity contribution is 5.87. The van der Waals surface area contributed by atoms with E-state index in [-0.39, 0.29) is 18.7 Å². The van der Waals surface area contributed by atoms with E-state index >= 15 is 0 Å². The summed E-state index contributed by atoms with van der Waals surface area (Å²) in [6.45, 7) is 3.40. The van der Waals surface area contributed by atoms with Gasteiger partial charge in [0.15, 0.2) is 0 Å². The van der Waals surface area contributed by atoms with Crippen molar-refractivity contribution in [2.75, 3.05) is 32.8 Å². The third kappa shape index (κ3) is 2.98. The number of carboxylic acid groups (broad SMARTS) is 1. The summed E-state index contributed by atoms with van der Waals surface area (Å²) in [4.78, 5) is 27.6.